The molecule has 1 saturated heterocycles. The maximum absolute atomic E-state index is 11.4. The minimum Gasteiger partial charge on any atom is -0.465 e. The smallest absolute Gasteiger partial charge is 0.407 e. The van der Waals surface area contributed by atoms with Crippen molar-refractivity contribution >= 4 is 23.7 Å². The summed E-state index contributed by atoms with van der Waals surface area (Å²) < 4.78 is 0. The summed E-state index contributed by atoms with van der Waals surface area (Å²) in [4.78, 5) is 36.3. The Labute approximate surface area is 139 Å². The molecular formula is C16H21N3O5. The summed E-state index contributed by atoms with van der Waals surface area (Å²) in [5.74, 6) is -0.0277. The number of carbonyl (C=O) groups is 3. The van der Waals surface area contributed by atoms with Crippen molar-refractivity contribution in [2.45, 2.75) is 19.4 Å². The molecule has 1 aliphatic rings. The fourth-order valence-corrected chi connectivity index (χ4v) is 2.76. The predicted molar refractivity (Wildman–Crippen MR) is 87.7 cm³/mol. The summed E-state index contributed by atoms with van der Waals surface area (Å²) in [7, 11) is 0. The zero-order valence-electron chi connectivity index (χ0n) is 13.4. The van der Waals surface area contributed by atoms with Crippen LogP contribution in [0.4, 0.5) is 15.3 Å². The predicted octanol–water partition coefficient (Wildman–Crippen LogP) is 2.03. The van der Waals surface area contributed by atoms with Crippen molar-refractivity contribution in [3.63, 3.8) is 0 Å². The molecule has 1 atom stereocenters. The van der Waals surface area contributed by atoms with Crippen molar-refractivity contribution < 1.29 is 24.6 Å². The van der Waals surface area contributed by atoms with Crippen molar-refractivity contribution in [3.8, 4) is 0 Å². The van der Waals surface area contributed by atoms with Gasteiger partial charge < -0.3 is 25.3 Å². The molecule has 2 amide bonds. The highest BCUT2D eigenvalue weighted by Gasteiger charge is 2.31. The van der Waals surface area contributed by atoms with Gasteiger partial charge in [0, 0.05) is 37.4 Å². The normalized spacial score (nSPS) is 17.5. The van der Waals surface area contributed by atoms with Crippen molar-refractivity contribution in [2.75, 3.05) is 31.5 Å². The van der Waals surface area contributed by atoms with Crippen LogP contribution in [0.3, 0.4) is 0 Å². The summed E-state index contributed by atoms with van der Waals surface area (Å²) >= 11 is 0. The van der Waals surface area contributed by atoms with Gasteiger partial charge in [-0.05, 0) is 25.5 Å². The van der Waals surface area contributed by atoms with Crippen molar-refractivity contribution in [2.24, 2.45) is 0 Å². The molecule has 1 heterocycles. The topological polar surface area (TPSA) is 110 Å². The van der Waals surface area contributed by atoms with E-state index in [1.807, 2.05) is 6.07 Å². The Morgan fingerprint density at radius 3 is 2.58 bits per heavy atom. The van der Waals surface area contributed by atoms with Gasteiger partial charge in [-0.15, -0.1) is 0 Å². The average Bonchev–Trinajstić information content (AvgIpc) is 2.54. The molecule has 0 bridgehead atoms. The van der Waals surface area contributed by atoms with Crippen LogP contribution in [-0.4, -0.2) is 70.2 Å². The molecule has 1 aromatic rings. The molecule has 0 saturated carbocycles. The number of nitrogens with zero attached hydrogens (tertiary/aromatic N) is 2. The molecule has 3 N–H and O–H groups in total. The zero-order chi connectivity index (χ0) is 17.7. The summed E-state index contributed by atoms with van der Waals surface area (Å²) in [5.41, 5.74) is 1.37. The van der Waals surface area contributed by atoms with Crippen LogP contribution < -0.4 is 5.32 Å². The number of hydrogen-bond donors (Lipinski definition) is 3. The van der Waals surface area contributed by atoms with Crippen LogP contribution in [-0.2, 0) is 0 Å². The van der Waals surface area contributed by atoms with Crippen LogP contribution in [0.5, 0.6) is 0 Å². The molecule has 1 aliphatic heterocycles. The standard InChI is InChI=1S/C16H21N3O5/c1-11(20)12-3-2-4-13(9-12)17-6-5-14-10-18(15(21)22)7-8-19(14)16(23)24/h2-4,9,14,17H,5-8,10H2,1H3,(H,21,22)(H,23,24)/t14-/m1/s1. The van der Waals surface area contributed by atoms with Gasteiger partial charge in [-0.25, -0.2) is 9.59 Å². The number of rotatable bonds is 5. The van der Waals surface area contributed by atoms with Crippen LogP contribution in [0, 0.1) is 0 Å². The maximum Gasteiger partial charge on any atom is 0.407 e. The highest BCUT2D eigenvalue weighted by molar-refractivity contribution is 5.94. The molecular weight excluding hydrogens is 314 g/mol. The van der Waals surface area contributed by atoms with E-state index >= 15 is 0 Å². The molecule has 0 unspecified atom stereocenters. The van der Waals surface area contributed by atoms with Crippen molar-refractivity contribution in [1.29, 1.82) is 0 Å². The Balaban J connectivity index is 1.95. The minimum absolute atomic E-state index is 0.0277. The summed E-state index contributed by atoms with van der Waals surface area (Å²) in [6, 6.07) is 6.67. The molecule has 0 spiro atoms. The van der Waals surface area contributed by atoms with Crippen LogP contribution in [0.2, 0.25) is 0 Å². The first-order valence-electron chi connectivity index (χ1n) is 7.71. The second-order valence-electron chi connectivity index (χ2n) is 5.71. The maximum atomic E-state index is 11.4. The van der Waals surface area contributed by atoms with Gasteiger partial charge >= 0.3 is 12.2 Å². The number of piperazine rings is 1. The Morgan fingerprint density at radius 2 is 1.96 bits per heavy atom. The van der Waals surface area contributed by atoms with E-state index in [4.69, 9.17) is 5.11 Å². The lowest BCUT2D eigenvalue weighted by Gasteiger charge is -2.38. The van der Waals surface area contributed by atoms with E-state index in [0.29, 0.717) is 18.5 Å². The second-order valence-corrected chi connectivity index (χ2v) is 5.71. The van der Waals surface area contributed by atoms with Gasteiger partial charge in [-0.1, -0.05) is 12.1 Å². The molecule has 1 aromatic carbocycles. The molecule has 130 valence electrons. The van der Waals surface area contributed by atoms with Crippen LogP contribution in [0.25, 0.3) is 0 Å². The molecule has 0 aliphatic carbocycles. The quantitative estimate of drug-likeness (QED) is 0.710. The minimum atomic E-state index is -1.04. The van der Waals surface area contributed by atoms with Gasteiger partial charge in [0.2, 0.25) is 0 Å². The summed E-state index contributed by atoms with van der Waals surface area (Å²) in [6.07, 6.45) is -1.60. The number of benzene rings is 1. The number of hydrogen-bond acceptors (Lipinski definition) is 4. The third kappa shape index (κ3) is 4.37. The van der Waals surface area contributed by atoms with Gasteiger partial charge in [-0.2, -0.15) is 0 Å². The molecule has 2 rings (SSSR count). The Hall–Kier alpha value is -2.77. The number of amides is 2. The van der Waals surface area contributed by atoms with Gasteiger partial charge in [0.1, 0.15) is 0 Å². The Kier molecular flexibility index (Phi) is 5.62. The number of carbonyl (C=O) groups excluding carboxylic acids is 1. The molecule has 1 fully saturated rings. The zero-order valence-corrected chi connectivity index (χ0v) is 13.4. The second kappa shape index (κ2) is 7.67. The first-order valence-corrected chi connectivity index (χ1v) is 7.71. The molecule has 8 nitrogen and oxygen atoms in total. The SMILES string of the molecule is CC(=O)c1cccc(NCC[C@@H]2CN(C(=O)O)CCN2C(=O)O)c1. The van der Waals surface area contributed by atoms with Gasteiger partial charge in [0.15, 0.2) is 5.78 Å². The largest absolute Gasteiger partial charge is 0.465 e. The van der Waals surface area contributed by atoms with E-state index in [9.17, 15) is 19.5 Å². The van der Waals surface area contributed by atoms with E-state index in [1.54, 1.807) is 18.2 Å². The summed E-state index contributed by atoms with van der Waals surface area (Å²) in [5, 5.41) is 21.5. The van der Waals surface area contributed by atoms with E-state index < -0.39 is 18.2 Å². The fraction of sp³-hybridized carbons (Fsp3) is 0.438. The fourth-order valence-electron chi connectivity index (χ4n) is 2.76. The van der Waals surface area contributed by atoms with E-state index in [1.165, 1.54) is 16.7 Å². The van der Waals surface area contributed by atoms with Gasteiger partial charge in [0.05, 0.1) is 6.04 Å². The number of carboxylic acid groups (broad SMARTS) is 2. The lowest BCUT2D eigenvalue weighted by Crippen LogP contribution is -2.56. The first-order chi connectivity index (χ1) is 11.4. The van der Waals surface area contributed by atoms with Crippen LogP contribution in [0.15, 0.2) is 24.3 Å². The lowest BCUT2D eigenvalue weighted by atomic mass is 10.1. The van der Waals surface area contributed by atoms with E-state index in [2.05, 4.69) is 5.32 Å². The average molecular weight is 335 g/mol. The number of ketones is 1. The van der Waals surface area contributed by atoms with Crippen molar-refractivity contribution in [3.05, 3.63) is 29.8 Å². The lowest BCUT2D eigenvalue weighted by molar-refractivity contribution is 0.0622. The highest BCUT2D eigenvalue weighted by Crippen LogP contribution is 2.15. The van der Waals surface area contributed by atoms with Gasteiger partial charge in [0.25, 0.3) is 0 Å². The van der Waals surface area contributed by atoms with Gasteiger partial charge in [-0.3, -0.25) is 4.79 Å². The number of anilines is 1. The van der Waals surface area contributed by atoms with Crippen LogP contribution in [0.1, 0.15) is 23.7 Å². The molecule has 0 radical (unpaired) electrons. The Morgan fingerprint density at radius 1 is 1.21 bits per heavy atom. The highest BCUT2D eigenvalue weighted by atomic mass is 16.4. The summed E-state index contributed by atoms with van der Waals surface area (Å²) in [6.45, 7) is 2.49. The third-order valence-corrected chi connectivity index (χ3v) is 4.07. The Bertz CT molecular complexity index is 634. The molecule has 24 heavy (non-hydrogen) atoms. The number of nitrogens with one attached hydrogen (secondary N) is 1. The van der Waals surface area contributed by atoms with Crippen LogP contribution >= 0.6 is 0 Å². The van der Waals surface area contributed by atoms with Crippen molar-refractivity contribution in [1.82, 2.24) is 9.80 Å². The monoisotopic (exact) mass is 335 g/mol. The van der Waals surface area contributed by atoms with E-state index in [-0.39, 0.29) is 25.4 Å². The van der Waals surface area contributed by atoms with E-state index in [0.717, 1.165) is 5.69 Å². The number of Topliss-reactive ketones (excluding diaryl/α,β-unsaturated/α-hetero) is 1. The third-order valence-electron chi connectivity index (χ3n) is 4.07. The first kappa shape index (κ1) is 17.6. The molecule has 0 aromatic heterocycles. The molecule has 8 heteroatoms.